The number of likely N-dealkylation sites (tertiary alicyclic amines) is 1. The molecule has 2 fully saturated rings. The van der Waals surface area contributed by atoms with Gasteiger partial charge < -0.3 is 13.9 Å². The monoisotopic (exact) mass is 277 g/mol. The van der Waals surface area contributed by atoms with Crippen LogP contribution in [0.15, 0.2) is 0 Å². The van der Waals surface area contributed by atoms with E-state index in [1.54, 1.807) is 0 Å². The number of nitrogens with zero attached hydrogens (tertiary/aromatic N) is 1. The van der Waals surface area contributed by atoms with Gasteiger partial charge in [-0.25, -0.2) is 0 Å². The fraction of sp³-hybridized carbons (Fsp3) is 1.00. The second-order valence-electron chi connectivity index (χ2n) is 5.05. The van der Waals surface area contributed by atoms with Gasteiger partial charge in [-0.1, -0.05) is 13.8 Å². The maximum Gasteiger partial charge on any atom is 0.188 e. The predicted octanol–water partition coefficient (Wildman–Crippen LogP) is 2.71. The topological polar surface area (TPSA) is 21.7 Å². The number of piperidine rings is 1. The van der Waals surface area contributed by atoms with Gasteiger partial charge in [-0.05, 0) is 50.2 Å². The van der Waals surface area contributed by atoms with Crippen molar-refractivity contribution in [2.24, 2.45) is 11.8 Å². The van der Waals surface area contributed by atoms with E-state index in [0.29, 0.717) is 5.92 Å². The van der Waals surface area contributed by atoms with E-state index in [1.807, 2.05) is 0 Å². The maximum absolute atomic E-state index is 5.82. The van der Waals surface area contributed by atoms with Gasteiger partial charge in [-0.2, -0.15) is 0 Å². The van der Waals surface area contributed by atoms with Crippen LogP contribution >= 0.6 is 6.49 Å². The summed E-state index contributed by atoms with van der Waals surface area (Å²) in [4.78, 5) is 2.53. The third-order valence-electron chi connectivity index (χ3n) is 4.10. The zero-order chi connectivity index (χ0) is 12.3. The lowest BCUT2D eigenvalue weighted by Gasteiger charge is -2.39. The SMILES string of the molecule is CCN1CCC(C2COP(=S)(CC)OC2)CC1. The minimum Gasteiger partial charge on any atom is -0.329 e. The first-order valence-electron chi connectivity index (χ1n) is 6.77. The summed E-state index contributed by atoms with van der Waals surface area (Å²) in [7, 11) is 0. The van der Waals surface area contributed by atoms with Crippen LogP contribution in [0.3, 0.4) is 0 Å². The highest BCUT2D eigenvalue weighted by atomic mass is 32.5. The average molecular weight is 277 g/mol. The van der Waals surface area contributed by atoms with Gasteiger partial charge in [0.05, 0.1) is 13.2 Å². The van der Waals surface area contributed by atoms with Crippen LogP contribution in [-0.2, 0) is 20.9 Å². The van der Waals surface area contributed by atoms with Gasteiger partial charge in [0.1, 0.15) is 0 Å². The Bertz CT molecular complexity index is 280. The summed E-state index contributed by atoms with van der Waals surface area (Å²) in [6.07, 6.45) is 3.45. The Hall–Kier alpha value is 0.530. The largest absolute Gasteiger partial charge is 0.329 e. The maximum atomic E-state index is 5.82. The Morgan fingerprint density at radius 2 is 1.71 bits per heavy atom. The molecule has 100 valence electrons. The van der Waals surface area contributed by atoms with Gasteiger partial charge in [0.15, 0.2) is 6.49 Å². The van der Waals surface area contributed by atoms with E-state index in [4.69, 9.17) is 20.9 Å². The van der Waals surface area contributed by atoms with Crippen LogP contribution in [0.2, 0.25) is 0 Å². The number of hydrogen-bond donors (Lipinski definition) is 0. The van der Waals surface area contributed by atoms with Gasteiger partial charge in [0.25, 0.3) is 0 Å². The fourth-order valence-corrected chi connectivity index (χ4v) is 4.34. The molecule has 2 saturated heterocycles. The minimum absolute atomic E-state index is 0.580. The zero-order valence-corrected chi connectivity index (χ0v) is 12.6. The molecule has 0 aromatic heterocycles. The molecule has 0 aromatic rings. The van der Waals surface area contributed by atoms with Gasteiger partial charge in [-0.15, -0.1) is 0 Å². The van der Waals surface area contributed by atoms with E-state index < -0.39 is 6.49 Å². The second kappa shape index (κ2) is 6.12. The van der Waals surface area contributed by atoms with Crippen LogP contribution in [0.4, 0.5) is 0 Å². The normalized spacial score (nSPS) is 37.2. The van der Waals surface area contributed by atoms with Gasteiger partial charge in [0.2, 0.25) is 0 Å². The first-order chi connectivity index (χ1) is 8.17. The summed E-state index contributed by atoms with van der Waals surface area (Å²) < 4.78 is 11.6. The van der Waals surface area contributed by atoms with Crippen molar-refractivity contribution in [3.8, 4) is 0 Å². The van der Waals surface area contributed by atoms with E-state index in [0.717, 1.165) is 25.3 Å². The summed E-state index contributed by atoms with van der Waals surface area (Å²) in [5.41, 5.74) is 0. The Morgan fingerprint density at radius 3 is 2.18 bits per heavy atom. The lowest BCUT2D eigenvalue weighted by atomic mass is 9.85. The van der Waals surface area contributed by atoms with Crippen LogP contribution in [0.25, 0.3) is 0 Å². The van der Waals surface area contributed by atoms with Crippen molar-refractivity contribution in [2.45, 2.75) is 26.7 Å². The molecule has 2 aliphatic heterocycles. The molecule has 0 N–H and O–H groups in total. The van der Waals surface area contributed by atoms with Crippen molar-refractivity contribution < 1.29 is 9.05 Å². The molecule has 0 unspecified atom stereocenters. The third kappa shape index (κ3) is 3.51. The fourth-order valence-electron chi connectivity index (χ4n) is 2.70. The molecule has 0 aromatic carbocycles. The molecule has 0 amide bonds. The highest BCUT2D eigenvalue weighted by molar-refractivity contribution is 8.09. The van der Waals surface area contributed by atoms with Crippen molar-refractivity contribution in [3.05, 3.63) is 0 Å². The van der Waals surface area contributed by atoms with Crippen molar-refractivity contribution >= 4 is 18.3 Å². The van der Waals surface area contributed by atoms with E-state index in [9.17, 15) is 0 Å². The highest BCUT2D eigenvalue weighted by Gasteiger charge is 2.33. The molecule has 0 atom stereocenters. The van der Waals surface area contributed by atoms with Crippen molar-refractivity contribution in [1.29, 1.82) is 0 Å². The van der Waals surface area contributed by atoms with Crippen molar-refractivity contribution in [1.82, 2.24) is 4.90 Å². The van der Waals surface area contributed by atoms with Crippen LogP contribution in [0.1, 0.15) is 26.7 Å². The summed E-state index contributed by atoms with van der Waals surface area (Å²) in [6, 6.07) is 0. The zero-order valence-electron chi connectivity index (χ0n) is 10.9. The third-order valence-corrected chi connectivity index (χ3v) is 7.37. The standard InChI is InChI=1S/C12H24NO2PS/c1-3-13-7-5-11(6-8-13)12-9-14-16(17,4-2)15-10-12/h11-12H,3-10H2,1-2H3. The Labute approximate surface area is 110 Å². The lowest BCUT2D eigenvalue weighted by molar-refractivity contribution is 0.0515. The second-order valence-corrected chi connectivity index (χ2v) is 9.09. The molecular weight excluding hydrogens is 253 g/mol. The first-order valence-corrected chi connectivity index (χ1v) is 9.59. The Morgan fingerprint density at radius 1 is 1.12 bits per heavy atom. The van der Waals surface area contributed by atoms with Gasteiger partial charge >= 0.3 is 0 Å². The summed E-state index contributed by atoms with van der Waals surface area (Å²) in [5, 5.41) is 0. The van der Waals surface area contributed by atoms with Crippen LogP contribution in [0, 0.1) is 11.8 Å². The van der Waals surface area contributed by atoms with Gasteiger partial charge in [-0.3, -0.25) is 0 Å². The molecule has 0 aliphatic carbocycles. The molecule has 5 heteroatoms. The molecule has 2 rings (SSSR count). The quantitative estimate of drug-likeness (QED) is 0.739. The number of hydrogen-bond acceptors (Lipinski definition) is 4. The van der Waals surface area contributed by atoms with E-state index >= 15 is 0 Å². The van der Waals surface area contributed by atoms with E-state index in [1.165, 1.54) is 32.5 Å². The van der Waals surface area contributed by atoms with E-state index in [2.05, 4.69) is 18.7 Å². The Balaban J connectivity index is 1.80. The smallest absolute Gasteiger partial charge is 0.188 e. The molecule has 3 nitrogen and oxygen atoms in total. The van der Waals surface area contributed by atoms with Crippen molar-refractivity contribution in [3.63, 3.8) is 0 Å². The number of rotatable bonds is 3. The summed E-state index contributed by atoms with van der Waals surface area (Å²) in [6.45, 7) is 7.76. The molecule has 0 spiro atoms. The van der Waals surface area contributed by atoms with Crippen LogP contribution in [0.5, 0.6) is 0 Å². The molecule has 0 saturated carbocycles. The molecule has 0 bridgehead atoms. The molecule has 2 heterocycles. The lowest BCUT2D eigenvalue weighted by Crippen LogP contribution is -2.39. The minimum atomic E-state index is -1.88. The van der Waals surface area contributed by atoms with E-state index in [-0.39, 0.29) is 0 Å². The molecule has 0 radical (unpaired) electrons. The highest BCUT2D eigenvalue weighted by Crippen LogP contribution is 2.52. The first kappa shape index (κ1) is 14.0. The summed E-state index contributed by atoms with van der Waals surface area (Å²) in [5.74, 6) is 1.36. The molecule has 2 aliphatic rings. The van der Waals surface area contributed by atoms with Crippen LogP contribution in [-0.4, -0.2) is 43.9 Å². The average Bonchev–Trinajstić information content (AvgIpc) is 2.40. The van der Waals surface area contributed by atoms with Crippen molar-refractivity contribution in [2.75, 3.05) is 39.0 Å². The van der Waals surface area contributed by atoms with Crippen LogP contribution < -0.4 is 0 Å². The Kier molecular flexibility index (Phi) is 5.02. The van der Waals surface area contributed by atoms with Gasteiger partial charge in [0, 0.05) is 12.1 Å². The predicted molar refractivity (Wildman–Crippen MR) is 75.1 cm³/mol. The molecule has 17 heavy (non-hydrogen) atoms. The summed E-state index contributed by atoms with van der Waals surface area (Å²) >= 11 is 5.41. The molecular formula is C12H24NO2PS.